The van der Waals surface area contributed by atoms with Crippen LogP contribution in [0.1, 0.15) is 10.4 Å². The first-order valence-electron chi connectivity index (χ1n) is 7.43. The zero-order chi connectivity index (χ0) is 15.5. The third-order valence-corrected chi connectivity index (χ3v) is 4.04. The van der Waals surface area contributed by atoms with E-state index in [1.165, 1.54) is 0 Å². The third kappa shape index (κ3) is 3.09. The summed E-state index contributed by atoms with van der Waals surface area (Å²) in [6, 6.07) is 11.4. The number of amides is 1. The van der Waals surface area contributed by atoms with E-state index in [-0.39, 0.29) is 5.91 Å². The van der Waals surface area contributed by atoms with Crippen LogP contribution in [0.2, 0.25) is 0 Å². The molecular formula is C17H20N4O. The van der Waals surface area contributed by atoms with Crippen LogP contribution < -0.4 is 5.73 Å². The molecule has 0 bridgehead atoms. The maximum Gasteiger partial charge on any atom is 0.253 e. The normalized spacial score (nSPS) is 15.8. The Bertz CT molecular complexity index is 661. The van der Waals surface area contributed by atoms with E-state index in [1.807, 2.05) is 41.3 Å². The van der Waals surface area contributed by atoms with Gasteiger partial charge in [0.1, 0.15) is 5.82 Å². The van der Waals surface area contributed by atoms with Gasteiger partial charge in [-0.05, 0) is 42.4 Å². The highest BCUT2D eigenvalue weighted by molar-refractivity contribution is 5.94. The Morgan fingerprint density at radius 3 is 2.36 bits per heavy atom. The summed E-state index contributed by atoms with van der Waals surface area (Å²) >= 11 is 0. The van der Waals surface area contributed by atoms with Crippen molar-refractivity contribution in [1.29, 1.82) is 0 Å². The van der Waals surface area contributed by atoms with Gasteiger partial charge in [0.05, 0.1) is 0 Å². The molecule has 5 heteroatoms. The molecule has 1 aliphatic rings. The third-order valence-electron chi connectivity index (χ3n) is 4.04. The lowest BCUT2D eigenvalue weighted by molar-refractivity contribution is 0.0664. The van der Waals surface area contributed by atoms with Crippen molar-refractivity contribution in [3.8, 4) is 11.1 Å². The summed E-state index contributed by atoms with van der Waals surface area (Å²) in [7, 11) is 2.08. The molecule has 0 unspecified atom stereocenters. The lowest BCUT2D eigenvalue weighted by atomic mass is 10.0. The number of benzene rings is 1. The molecule has 1 aliphatic heterocycles. The maximum absolute atomic E-state index is 12.5. The predicted octanol–water partition coefficient (Wildman–Crippen LogP) is 1.72. The Labute approximate surface area is 130 Å². The van der Waals surface area contributed by atoms with Gasteiger partial charge in [-0.1, -0.05) is 12.1 Å². The molecule has 2 aromatic rings. The van der Waals surface area contributed by atoms with Crippen LogP contribution in [0.15, 0.2) is 42.6 Å². The fraction of sp³-hybridized carbons (Fsp3) is 0.294. The largest absolute Gasteiger partial charge is 0.384 e. The summed E-state index contributed by atoms with van der Waals surface area (Å²) in [5.41, 5.74) is 8.48. The van der Waals surface area contributed by atoms with E-state index in [2.05, 4.69) is 16.9 Å². The van der Waals surface area contributed by atoms with Crippen molar-refractivity contribution in [1.82, 2.24) is 14.8 Å². The minimum Gasteiger partial charge on any atom is -0.384 e. The number of hydrogen-bond acceptors (Lipinski definition) is 4. The quantitative estimate of drug-likeness (QED) is 0.916. The number of hydrogen-bond donors (Lipinski definition) is 1. The van der Waals surface area contributed by atoms with E-state index >= 15 is 0 Å². The lowest BCUT2D eigenvalue weighted by Gasteiger charge is -2.32. The van der Waals surface area contributed by atoms with Crippen LogP contribution in [0.4, 0.5) is 5.82 Å². The SMILES string of the molecule is CN1CCN(C(=O)c2ccc(-c3ccnc(N)c3)cc2)CC1. The average molecular weight is 296 g/mol. The van der Waals surface area contributed by atoms with Crippen molar-refractivity contribution in [3.63, 3.8) is 0 Å². The fourth-order valence-corrected chi connectivity index (χ4v) is 2.63. The van der Waals surface area contributed by atoms with E-state index in [9.17, 15) is 4.79 Å². The van der Waals surface area contributed by atoms with Crippen LogP contribution >= 0.6 is 0 Å². The molecule has 0 aliphatic carbocycles. The van der Waals surface area contributed by atoms with Gasteiger partial charge >= 0.3 is 0 Å². The van der Waals surface area contributed by atoms with Gasteiger partial charge in [-0.15, -0.1) is 0 Å². The van der Waals surface area contributed by atoms with Gasteiger partial charge in [0.15, 0.2) is 0 Å². The Kier molecular flexibility index (Phi) is 4.06. The van der Waals surface area contributed by atoms with Gasteiger partial charge in [0.25, 0.3) is 5.91 Å². The van der Waals surface area contributed by atoms with Crippen LogP contribution in [-0.2, 0) is 0 Å². The molecule has 0 radical (unpaired) electrons. The first-order chi connectivity index (χ1) is 10.6. The highest BCUT2D eigenvalue weighted by Gasteiger charge is 2.20. The topological polar surface area (TPSA) is 62.5 Å². The molecule has 114 valence electrons. The van der Waals surface area contributed by atoms with E-state index in [4.69, 9.17) is 5.73 Å². The summed E-state index contributed by atoms with van der Waals surface area (Å²) in [6.45, 7) is 3.44. The number of nitrogens with two attached hydrogens (primary N) is 1. The standard InChI is InChI=1S/C17H20N4O/c1-20-8-10-21(11-9-20)17(22)14-4-2-13(3-5-14)15-6-7-19-16(18)12-15/h2-7,12H,8-11H2,1H3,(H2,18,19). The first kappa shape index (κ1) is 14.5. The van der Waals surface area contributed by atoms with Crippen molar-refractivity contribution in [2.24, 2.45) is 0 Å². The molecule has 1 amide bonds. The van der Waals surface area contributed by atoms with Crippen molar-refractivity contribution in [3.05, 3.63) is 48.2 Å². The molecular weight excluding hydrogens is 276 g/mol. The average Bonchev–Trinajstić information content (AvgIpc) is 2.55. The van der Waals surface area contributed by atoms with E-state index in [0.717, 1.165) is 42.9 Å². The number of carbonyl (C=O) groups is 1. The number of likely N-dealkylation sites (N-methyl/N-ethyl adjacent to an activating group) is 1. The van der Waals surface area contributed by atoms with E-state index < -0.39 is 0 Å². The summed E-state index contributed by atoms with van der Waals surface area (Å²) in [4.78, 5) is 20.6. The molecule has 1 aromatic heterocycles. The number of carbonyl (C=O) groups excluding carboxylic acids is 1. The maximum atomic E-state index is 12.5. The molecule has 0 spiro atoms. The Balaban J connectivity index is 1.75. The molecule has 1 fully saturated rings. The zero-order valence-corrected chi connectivity index (χ0v) is 12.7. The number of pyridine rings is 1. The molecule has 1 aromatic carbocycles. The molecule has 2 heterocycles. The van der Waals surface area contributed by atoms with Crippen LogP contribution in [0, 0.1) is 0 Å². The highest BCUT2D eigenvalue weighted by Crippen LogP contribution is 2.21. The molecule has 22 heavy (non-hydrogen) atoms. The van der Waals surface area contributed by atoms with Crippen LogP contribution in [-0.4, -0.2) is 53.9 Å². The highest BCUT2D eigenvalue weighted by atomic mass is 16.2. The van der Waals surface area contributed by atoms with Gasteiger partial charge < -0.3 is 15.5 Å². The van der Waals surface area contributed by atoms with E-state index in [1.54, 1.807) is 6.20 Å². The van der Waals surface area contributed by atoms with Gasteiger partial charge in [0, 0.05) is 37.9 Å². The number of anilines is 1. The van der Waals surface area contributed by atoms with Gasteiger partial charge in [-0.2, -0.15) is 0 Å². The van der Waals surface area contributed by atoms with Gasteiger partial charge in [-0.25, -0.2) is 4.98 Å². The van der Waals surface area contributed by atoms with Crippen molar-refractivity contribution in [2.45, 2.75) is 0 Å². The minimum absolute atomic E-state index is 0.105. The molecule has 0 atom stereocenters. The summed E-state index contributed by atoms with van der Waals surface area (Å²) < 4.78 is 0. The number of aromatic nitrogens is 1. The summed E-state index contributed by atoms with van der Waals surface area (Å²) in [5, 5.41) is 0. The number of rotatable bonds is 2. The second-order valence-electron chi connectivity index (χ2n) is 5.64. The van der Waals surface area contributed by atoms with Crippen molar-refractivity contribution >= 4 is 11.7 Å². The van der Waals surface area contributed by atoms with Crippen molar-refractivity contribution in [2.75, 3.05) is 39.0 Å². The molecule has 3 rings (SSSR count). The number of nitrogens with zero attached hydrogens (tertiary/aromatic N) is 3. The molecule has 5 nitrogen and oxygen atoms in total. The number of piperazine rings is 1. The molecule has 2 N–H and O–H groups in total. The van der Waals surface area contributed by atoms with Gasteiger partial charge in [0.2, 0.25) is 0 Å². The Morgan fingerprint density at radius 2 is 1.73 bits per heavy atom. The smallest absolute Gasteiger partial charge is 0.253 e. The Hall–Kier alpha value is -2.40. The lowest BCUT2D eigenvalue weighted by Crippen LogP contribution is -2.47. The van der Waals surface area contributed by atoms with Gasteiger partial charge in [-0.3, -0.25) is 4.79 Å². The second kappa shape index (κ2) is 6.15. The molecule has 1 saturated heterocycles. The fourth-order valence-electron chi connectivity index (χ4n) is 2.63. The second-order valence-corrected chi connectivity index (χ2v) is 5.64. The monoisotopic (exact) mass is 296 g/mol. The van der Waals surface area contributed by atoms with Crippen LogP contribution in [0.5, 0.6) is 0 Å². The first-order valence-corrected chi connectivity index (χ1v) is 7.43. The van der Waals surface area contributed by atoms with Crippen LogP contribution in [0.3, 0.4) is 0 Å². The van der Waals surface area contributed by atoms with E-state index in [0.29, 0.717) is 5.82 Å². The zero-order valence-electron chi connectivity index (χ0n) is 12.7. The predicted molar refractivity (Wildman–Crippen MR) is 87.5 cm³/mol. The summed E-state index contributed by atoms with van der Waals surface area (Å²) in [5.74, 6) is 0.601. The molecule has 0 saturated carbocycles. The summed E-state index contributed by atoms with van der Waals surface area (Å²) in [6.07, 6.45) is 1.69. The van der Waals surface area contributed by atoms with Crippen molar-refractivity contribution < 1.29 is 4.79 Å². The minimum atomic E-state index is 0.105. The van der Waals surface area contributed by atoms with Crippen LogP contribution in [0.25, 0.3) is 11.1 Å². The number of nitrogen functional groups attached to an aromatic ring is 1. The Morgan fingerprint density at radius 1 is 1.05 bits per heavy atom.